The highest BCUT2D eigenvalue weighted by molar-refractivity contribution is 7.74. The van der Waals surface area contributed by atoms with E-state index in [1.165, 1.54) is 21.0 Å². The number of esters is 1. The molecular weight excluding hydrogens is 172 g/mol. The van der Waals surface area contributed by atoms with Gasteiger partial charge in [0.05, 0.1) is 7.11 Å². The van der Waals surface area contributed by atoms with Gasteiger partial charge in [0.2, 0.25) is 0 Å². The van der Waals surface area contributed by atoms with Gasteiger partial charge in [0.1, 0.15) is 0 Å². The Morgan fingerprint density at radius 2 is 2.00 bits per heavy atom. The summed E-state index contributed by atoms with van der Waals surface area (Å²) >= 11 is -2.46. The minimum Gasteiger partial charge on any atom is -0.467 e. The molecule has 0 aliphatic rings. The Kier molecular flexibility index (Phi) is 3.64. The lowest BCUT2D eigenvalue weighted by atomic mass is 10.1. The topological polar surface area (TPSA) is 72.8 Å². The van der Waals surface area contributed by atoms with Crippen LogP contribution in [0.2, 0.25) is 0 Å². The van der Waals surface area contributed by atoms with Crippen molar-refractivity contribution < 1.29 is 22.5 Å². The first kappa shape index (κ1) is 10.5. The molecule has 0 aliphatic heterocycles. The molecule has 0 fully saturated rings. The van der Waals surface area contributed by atoms with E-state index < -0.39 is 22.9 Å². The van der Waals surface area contributed by atoms with Gasteiger partial charge >= 0.3 is 17.3 Å². The van der Waals surface area contributed by atoms with E-state index in [1.54, 1.807) is 0 Å². The van der Waals surface area contributed by atoms with Gasteiger partial charge in [-0.15, -0.1) is 0 Å². The maximum atomic E-state index is 10.8. The molecule has 0 aromatic carbocycles. The largest absolute Gasteiger partial charge is 0.467 e. The summed E-state index contributed by atoms with van der Waals surface area (Å²) in [4.78, 5) is 10.8. The van der Waals surface area contributed by atoms with E-state index in [0.717, 1.165) is 0 Å². The number of ether oxygens (including phenoxy) is 1. The molecule has 0 bridgehead atoms. The van der Waals surface area contributed by atoms with E-state index in [9.17, 15) is 9.00 Å². The minimum absolute atomic E-state index is 0.695. The molecule has 6 heteroatoms. The van der Waals surface area contributed by atoms with Crippen molar-refractivity contribution in [3.8, 4) is 0 Å². The lowest BCUT2D eigenvalue weighted by molar-refractivity contribution is -0.155. The fourth-order valence-corrected chi connectivity index (χ4v) is 0.883. The van der Waals surface area contributed by atoms with E-state index >= 15 is 0 Å². The molecule has 66 valence electrons. The second-order valence-corrected chi connectivity index (χ2v) is 2.90. The summed E-state index contributed by atoms with van der Waals surface area (Å²) in [5.74, 6) is -0.695. The fraction of sp³-hybridized carbons (Fsp3) is 0.800. The van der Waals surface area contributed by atoms with Gasteiger partial charge in [-0.3, -0.25) is 8.74 Å². The Morgan fingerprint density at radius 3 is 2.27 bits per heavy atom. The summed E-state index contributed by atoms with van der Waals surface area (Å²) in [5, 5.41) is 0. The van der Waals surface area contributed by atoms with Crippen LogP contribution in [-0.4, -0.2) is 27.4 Å². The van der Waals surface area contributed by atoms with Crippen LogP contribution in [0, 0.1) is 0 Å². The van der Waals surface area contributed by atoms with Crippen LogP contribution in [0.15, 0.2) is 0 Å². The highest BCUT2D eigenvalue weighted by Gasteiger charge is 2.32. The van der Waals surface area contributed by atoms with Crippen LogP contribution in [0.25, 0.3) is 0 Å². The van der Waals surface area contributed by atoms with Crippen molar-refractivity contribution in [2.24, 2.45) is 0 Å². The van der Waals surface area contributed by atoms with Crippen molar-refractivity contribution in [2.45, 2.75) is 19.4 Å². The fourth-order valence-electron chi connectivity index (χ4n) is 0.458. The predicted molar refractivity (Wildman–Crippen MR) is 38.0 cm³/mol. The Bertz CT molecular complexity index is 176. The molecule has 0 spiro atoms. The monoisotopic (exact) mass is 182 g/mol. The van der Waals surface area contributed by atoms with Crippen LogP contribution in [0.5, 0.6) is 0 Å². The van der Waals surface area contributed by atoms with E-state index in [2.05, 4.69) is 8.92 Å². The second-order valence-electron chi connectivity index (χ2n) is 2.30. The van der Waals surface area contributed by atoms with E-state index in [1.807, 2.05) is 0 Å². The molecule has 0 saturated carbocycles. The lowest BCUT2D eigenvalue weighted by Crippen LogP contribution is -2.36. The van der Waals surface area contributed by atoms with Crippen LogP contribution in [0.1, 0.15) is 13.8 Å². The zero-order chi connectivity index (χ0) is 9.07. The maximum Gasteiger partial charge on any atom is 0.339 e. The van der Waals surface area contributed by atoms with Gasteiger partial charge in [0.25, 0.3) is 0 Å². The van der Waals surface area contributed by atoms with Crippen molar-refractivity contribution >= 4 is 17.3 Å². The van der Waals surface area contributed by atoms with Gasteiger partial charge in [-0.1, -0.05) is 0 Å². The molecule has 1 unspecified atom stereocenters. The lowest BCUT2D eigenvalue weighted by Gasteiger charge is -2.18. The number of carbonyl (C=O) groups is 1. The molecule has 1 N–H and O–H groups in total. The molecule has 0 amide bonds. The molecule has 0 aliphatic carbocycles. The third-order valence-corrected chi connectivity index (χ3v) is 1.52. The zero-order valence-corrected chi connectivity index (χ0v) is 7.30. The highest BCUT2D eigenvalue weighted by Crippen LogP contribution is 2.11. The molecule has 0 heterocycles. The number of hydrogen-bond donors (Lipinski definition) is 1. The van der Waals surface area contributed by atoms with Crippen LogP contribution < -0.4 is 0 Å². The van der Waals surface area contributed by atoms with E-state index in [0.29, 0.717) is 0 Å². The van der Waals surface area contributed by atoms with Crippen LogP contribution in [0.3, 0.4) is 0 Å². The SMILES string of the molecule is COC(=O)C(C)(C)OS(=O)O. The second kappa shape index (κ2) is 3.80. The number of carbonyl (C=O) groups excluding carboxylic acids is 1. The van der Waals surface area contributed by atoms with Crippen molar-refractivity contribution in [3.63, 3.8) is 0 Å². The molecule has 0 aromatic heterocycles. The van der Waals surface area contributed by atoms with Crippen molar-refractivity contribution in [3.05, 3.63) is 0 Å². The number of rotatable bonds is 3. The molecule has 0 saturated heterocycles. The first-order valence-corrected chi connectivity index (χ1v) is 3.82. The van der Waals surface area contributed by atoms with Gasteiger partial charge in [-0.05, 0) is 13.8 Å². The summed E-state index contributed by atoms with van der Waals surface area (Å²) in [5.41, 5.74) is -1.38. The summed E-state index contributed by atoms with van der Waals surface area (Å²) in [7, 11) is 1.17. The number of methoxy groups -OCH3 is 1. The molecule has 0 radical (unpaired) electrons. The Hall–Kier alpha value is -0.460. The smallest absolute Gasteiger partial charge is 0.339 e. The molecule has 11 heavy (non-hydrogen) atoms. The first-order chi connectivity index (χ1) is 4.90. The van der Waals surface area contributed by atoms with Crippen LogP contribution in [-0.2, 0) is 25.1 Å². The molecule has 5 nitrogen and oxygen atoms in total. The summed E-state index contributed by atoms with van der Waals surface area (Å²) in [6, 6.07) is 0. The predicted octanol–water partition coefficient (Wildman–Crippen LogP) is 0.0913. The zero-order valence-electron chi connectivity index (χ0n) is 6.49. The third-order valence-electron chi connectivity index (χ3n) is 0.957. The van der Waals surface area contributed by atoms with Crippen molar-refractivity contribution in [2.75, 3.05) is 7.11 Å². The normalized spacial score (nSPS) is 14.2. The van der Waals surface area contributed by atoms with Crippen LogP contribution in [0.4, 0.5) is 0 Å². The van der Waals surface area contributed by atoms with Gasteiger partial charge in [0.15, 0.2) is 5.60 Å². The van der Waals surface area contributed by atoms with Gasteiger partial charge < -0.3 is 4.74 Å². The highest BCUT2D eigenvalue weighted by atomic mass is 32.2. The first-order valence-electron chi connectivity index (χ1n) is 2.79. The summed E-state index contributed by atoms with van der Waals surface area (Å²) in [6.07, 6.45) is 0. The van der Waals surface area contributed by atoms with Crippen LogP contribution >= 0.6 is 0 Å². The third kappa shape index (κ3) is 3.45. The van der Waals surface area contributed by atoms with Crippen molar-refractivity contribution in [1.82, 2.24) is 0 Å². The standard InChI is InChI=1S/C5H10O5S/c1-5(2,4(6)9-3)10-11(7)8/h1-3H3,(H,7,8). The molecular formula is C5H10O5S. The molecule has 1 atom stereocenters. The van der Waals surface area contributed by atoms with Crippen molar-refractivity contribution in [1.29, 1.82) is 0 Å². The van der Waals surface area contributed by atoms with Gasteiger partial charge in [-0.2, -0.15) is 4.21 Å². The van der Waals surface area contributed by atoms with E-state index in [4.69, 9.17) is 4.55 Å². The quantitative estimate of drug-likeness (QED) is 0.494. The van der Waals surface area contributed by atoms with E-state index in [-0.39, 0.29) is 0 Å². The van der Waals surface area contributed by atoms with Gasteiger partial charge in [-0.25, -0.2) is 4.79 Å². The summed E-state index contributed by atoms with van der Waals surface area (Å²) < 4.78 is 27.0. The Morgan fingerprint density at radius 1 is 1.55 bits per heavy atom. The van der Waals surface area contributed by atoms with Gasteiger partial charge in [0, 0.05) is 0 Å². The maximum absolute atomic E-state index is 10.8. The summed E-state index contributed by atoms with van der Waals surface area (Å²) in [6.45, 7) is 2.68. The Balaban J connectivity index is 4.21. The average Bonchev–Trinajstić information content (AvgIpc) is 1.83. The number of hydrogen-bond acceptors (Lipinski definition) is 4. The average molecular weight is 182 g/mol. The molecule has 0 aromatic rings. The molecule has 0 rings (SSSR count). The Labute approximate surface area is 67.2 Å². The minimum atomic E-state index is -2.46.